The lowest BCUT2D eigenvalue weighted by atomic mass is 9.99. The molecule has 0 bridgehead atoms. The van der Waals surface area contributed by atoms with Gasteiger partial charge in [0.1, 0.15) is 5.75 Å². The number of amides is 1. The molecule has 16 heavy (non-hydrogen) atoms. The van der Waals surface area contributed by atoms with Gasteiger partial charge in [-0.25, -0.2) is 5.84 Å². The summed E-state index contributed by atoms with van der Waals surface area (Å²) in [6.07, 6.45) is 0. The molecule has 0 aliphatic rings. The number of hydrogen-bond acceptors (Lipinski definition) is 3. The third kappa shape index (κ3) is 2.65. The summed E-state index contributed by atoms with van der Waals surface area (Å²) >= 11 is 5.89. The minimum Gasteiger partial charge on any atom is -0.496 e. The van der Waals surface area contributed by atoms with Crippen molar-refractivity contribution in [2.75, 3.05) is 14.2 Å². The van der Waals surface area contributed by atoms with Crippen molar-refractivity contribution in [2.24, 2.45) is 5.84 Å². The number of carbonyl (C=O) groups is 1. The zero-order valence-electron chi connectivity index (χ0n) is 9.53. The molecule has 0 heterocycles. The average Bonchev–Trinajstić information content (AvgIpc) is 2.26. The first kappa shape index (κ1) is 12.8. The van der Waals surface area contributed by atoms with Gasteiger partial charge < -0.3 is 4.74 Å². The maximum atomic E-state index is 11.7. The van der Waals surface area contributed by atoms with Crippen LogP contribution in [0, 0.1) is 0 Å². The molecule has 4 nitrogen and oxygen atoms in total. The Labute approximate surface area is 99.9 Å². The van der Waals surface area contributed by atoms with Crippen LogP contribution in [0.15, 0.2) is 18.2 Å². The Kier molecular flexibility index (Phi) is 4.15. The van der Waals surface area contributed by atoms with E-state index in [1.54, 1.807) is 32.2 Å². The largest absolute Gasteiger partial charge is 0.496 e. The zero-order valence-corrected chi connectivity index (χ0v) is 10.3. The van der Waals surface area contributed by atoms with Crippen molar-refractivity contribution in [3.63, 3.8) is 0 Å². The molecule has 1 aromatic carbocycles. The van der Waals surface area contributed by atoms with Crippen LogP contribution < -0.4 is 10.6 Å². The lowest BCUT2D eigenvalue weighted by Crippen LogP contribution is -2.36. The van der Waals surface area contributed by atoms with E-state index in [4.69, 9.17) is 22.2 Å². The summed E-state index contributed by atoms with van der Waals surface area (Å²) in [7, 11) is 3.06. The van der Waals surface area contributed by atoms with E-state index >= 15 is 0 Å². The molecule has 0 aliphatic carbocycles. The average molecular weight is 243 g/mol. The van der Waals surface area contributed by atoms with Gasteiger partial charge >= 0.3 is 0 Å². The molecule has 5 heteroatoms. The number of nitrogens with zero attached hydrogens (tertiary/aromatic N) is 1. The smallest absolute Gasteiger partial charge is 0.243 e. The number of halogens is 1. The standard InChI is InChI=1S/C11H15ClN2O2/c1-7(11(15)14(2)13)9-6-8(12)4-5-10(9)16-3/h4-7H,13H2,1-3H3. The van der Waals surface area contributed by atoms with Gasteiger partial charge in [0.05, 0.1) is 13.0 Å². The van der Waals surface area contributed by atoms with Crippen LogP contribution in [0.5, 0.6) is 5.75 Å². The van der Waals surface area contributed by atoms with Crippen LogP contribution in [0.4, 0.5) is 0 Å². The van der Waals surface area contributed by atoms with E-state index < -0.39 is 0 Å². The summed E-state index contributed by atoms with van der Waals surface area (Å²) in [5.74, 6) is 5.47. The molecular formula is C11H15ClN2O2. The highest BCUT2D eigenvalue weighted by atomic mass is 35.5. The Morgan fingerprint density at radius 1 is 1.56 bits per heavy atom. The normalized spacial score (nSPS) is 12.1. The summed E-state index contributed by atoms with van der Waals surface area (Å²) in [5.41, 5.74) is 0.734. The van der Waals surface area contributed by atoms with Crippen molar-refractivity contribution in [3.05, 3.63) is 28.8 Å². The van der Waals surface area contributed by atoms with Gasteiger partial charge in [-0.3, -0.25) is 9.80 Å². The Morgan fingerprint density at radius 2 is 2.19 bits per heavy atom. The number of hydrogen-bond donors (Lipinski definition) is 1. The molecule has 1 atom stereocenters. The maximum absolute atomic E-state index is 11.7. The number of rotatable bonds is 3. The van der Waals surface area contributed by atoms with Gasteiger partial charge in [0, 0.05) is 17.6 Å². The third-order valence-corrected chi connectivity index (χ3v) is 2.61. The van der Waals surface area contributed by atoms with Crippen molar-refractivity contribution in [3.8, 4) is 5.75 Å². The molecule has 1 aromatic rings. The van der Waals surface area contributed by atoms with Gasteiger partial charge in [-0.05, 0) is 25.1 Å². The van der Waals surface area contributed by atoms with E-state index in [2.05, 4.69) is 0 Å². The lowest BCUT2D eigenvalue weighted by Gasteiger charge is -2.18. The van der Waals surface area contributed by atoms with Crippen LogP contribution >= 0.6 is 11.6 Å². The van der Waals surface area contributed by atoms with Crippen molar-refractivity contribution < 1.29 is 9.53 Å². The SMILES string of the molecule is COc1ccc(Cl)cc1C(C)C(=O)N(C)N. The van der Waals surface area contributed by atoms with Gasteiger partial charge in [-0.2, -0.15) is 0 Å². The highest BCUT2D eigenvalue weighted by molar-refractivity contribution is 6.30. The van der Waals surface area contributed by atoms with E-state index in [-0.39, 0.29) is 11.8 Å². The highest BCUT2D eigenvalue weighted by Crippen LogP contribution is 2.30. The maximum Gasteiger partial charge on any atom is 0.243 e. The van der Waals surface area contributed by atoms with Gasteiger partial charge in [0.15, 0.2) is 0 Å². The number of ether oxygens (including phenoxy) is 1. The van der Waals surface area contributed by atoms with Gasteiger partial charge in [-0.1, -0.05) is 11.6 Å². The predicted molar refractivity (Wildman–Crippen MR) is 63.4 cm³/mol. The van der Waals surface area contributed by atoms with Crippen molar-refractivity contribution in [1.82, 2.24) is 5.01 Å². The fourth-order valence-electron chi connectivity index (χ4n) is 1.48. The molecule has 1 amide bonds. The molecule has 0 fully saturated rings. The second-order valence-corrected chi connectivity index (χ2v) is 3.99. The first-order valence-corrected chi connectivity index (χ1v) is 5.21. The second kappa shape index (κ2) is 5.18. The number of likely N-dealkylation sites (N-methyl/N-ethyl adjacent to an activating group) is 1. The monoisotopic (exact) mass is 242 g/mol. The van der Waals surface area contributed by atoms with Crippen LogP contribution in [0.3, 0.4) is 0 Å². The Hall–Kier alpha value is -1.26. The third-order valence-electron chi connectivity index (χ3n) is 2.38. The highest BCUT2D eigenvalue weighted by Gasteiger charge is 2.21. The quantitative estimate of drug-likeness (QED) is 0.499. The minimum atomic E-state index is -0.386. The number of methoxy groups -OCH3 is 1. The molecule has 1 rings (SSSR count). The van der Waals surface area contributed by atoms with Gasteiger partial charge in [0.2, 0.25) is 5.91 Å². The fraction of sp³-hybridized carbons (Fsp3) is 0.364. The molecule has 2 N–H and O–H groups in total. The molecule has 0 aliphatic heterocycles. The van der Waals surface area contributed by atoms with Crippen LogP contribution in [0.1, 0.15) is 18.4 Å². The fourth-order valence-corrected chi connectivity index (χ4v) is 1.66. The van der Waals surface area contributed by atoms with E-state index in [1.165, 1.54) is 7.05 Å². The Balaban J connectivity index is 3.11. The second-order valence-electron chi connectivity index (χ2n) is 3.56. The Morgan fingerprint density at radius 3 is 2.69 bits per heavy atom. The summed E-state index contributed by atoms with van der Waals surface area (Å²) < 4.78 is 5.18. The topological polar surface area (TPSA) is 55.6 Å². The first-order valence-electron chi connectivity index (χ1n) is 4.83. The first-order chi connectivity index (χ1) is 7.47. The van der Waals surface area contributed by atoms with Crippen LogP contribution in [-0.4, -0.2) is 25.1 Å². The van der Waals surface area contributed by atoms with E-state index in [9.17, 15) is 4.79 Å². The summed E-state index contributed by atoms with van der Waals surface area (Å²) in [5, 5.41) is 1.63. The molecule has 0 spiro atoms. The molecule has 1 unspecified atom stereocenters. The predicted octanol–water partition coefficient (Wildman–Crippen LogP) is 1.78. The molecule has 0 saturated carbocycles. The number of nitrogens with two attached hydrogens (primary N) is 1. The molecule has 0 saturated heterocycles. The van der Waals surface area contributed by atoms with Gasteiger partial charge in [0.25, 0.3) is 0 Å². The van der Waals surface area contributed by atoms with E-state index in [0.717, 1.165) is 10.6 Å². The van der Waals surface area contributed by atoms with E-state index in [1.807, 2.05) is 0 Å². The number of carbonyl (C=O) groups excluding carboxylic acids is 1. The molecule has 88 valence electrons. The van der Waals surface area contributed by atoms with Crippen molar-refractivity contribution in [2.45, 2.75) is 12.8 Å². The lowest BCUT2D eigenvalue weighted by molar-refractivity contribution is -0.131. The minimum absolute atomic E-state index is 0.194. The summed E-state index contributed by atoms with van der Waals surface area (Å²) in [6, 6.07) is 5.16. The number of hydrazine groups is 1. The summed E-state index contributed by atoms with van der Waals surface area (Å²) in [4.78, 5) is 11.7. The van der Waals surface area contributed by atoms with Crippen LogP contribution in [0.2, 0.25) is 5.02 Å². The summed E-state index contributed by atoms with van der Waals surface area (Å²) in [6.45, 7) is 1.76. The van der Waals surface area contributed by atoms with Gasteiger partial charge in [-0.15, -0.1) is 0 Å². The van der Waals surface area contributed by atoms with Crippen molar-refractivity contribution in [1.29, 1.82) is 0 Å². The van der Waals surface area contributed by atoms with Crippen LogP contribution in [0.25, 0.3) is 0 Å². The van der Waals surface area contributed by atoms with Crippen molar-refractivity contribution >= 4 is 17.5 Å². The van der Waals surface area contributed by atoms with E-state index in [0.29, 0.717) is 10.8 Å². The molecule has 0 aromatic heterocycles. The molecule has 0 radical (unpaired) electrons. The van der Waals surface area contributed by atoms with Crippen LogP contribution in [-0.2, 0) is 4.79 Å². The molecular weight excluding hydrogens is 228 g/mol. The Bertz CT molecular complexity index is 394. The zero-order chi connectivity index (χ0) is 12.3. The number of benzene rings is 1.